The van der Waals surface area contributed by atoms with Crippen molar-refractivity contribution >= 4 is 16.6 Å². The summed E-state index contributed by atoms with van der Waals surface area (Å²) in [5, 5.41) is 26.3. The summed E-state index contributed by atoms with van der Waals surface area (Å²) in [5.41, 5.74) is 7.24. The van der Waals surface area contributed by atoms with Gasteiger partial charge in [0.05, 0.1) is 12.3 Å². The van der Waals surface area contributed by atoms with Crippen molar-refractivity contribution in [2.45, 2.75) is 45.1 Å². The number of H-pyrrole nitrogens is 1. The molecule has 3 N–H and O–H groups in total. The second-order valence-electron chi connectivity index (χ2n) is 8.26. The third kappa shape index (κ3) is 3.10. The van der Waals surface area contributed by atoms with Gasteiger partial charge in [-0.1, -0.05) is 19.9 Å². The van der Waals surface area contributed by atoms with E-state index < -0.39 is 0 Å². The molecule has 4 heterocycles. The second-order valence-corrected chi connectivity index (χ2v) is 8.26. The number of aliphatic hydroxyl groups excluding tert-OH is 1. The molecule has 1 aliphatic heterocycles. The number of benzene rings is 1. The predicted octanol–water partition coefficient (Wildman–Crippen LogP) is 3.36. The van der Waals surface area contributed by atoms with Crippen LogP contribution in [-0.4, -0.2) is 43.2 Å². The highest BCUT2D eigenvalue weighted by Crippen LogP contribution is 2.38. The highest BCUT2D eigenvalue weighted by molar-refractivity contribution is 5.92. The summed E-state index contributed by atoms with van der Waals surface area (Å²) < 4.78 is 1.64. The standard InChI is InChI=1S/C22H26N6O/c1-13(2)20-18-10-15(14-5-7-23-8-6-14)3-4-19(18)24-21(20)16-9-17(12-29)22-25-26-27-28(22)11-16/h3-4,9-11,13-14,23-24,29H,5-8,12H2,1-2H3. The molecule has 0 radical (unpaired) electrons. The SMILES string of the molecule is CC(C)c1c(-c2cc(CO)c3nnnn3c2)[nH]c2ccc(C3CCNCC3)cc12. The average molecular weight is 390 g/mol. The van der Waals surface area contributed by atoms with E-state index in [0.29, 0.717) is 17.5 Å². The van der Waals surface area contributed by atoms with Gasteiger partial charge in [0.2, 0.25) is 0 Å². The number of fused-ring (bicyclic) bond motifs is 2. The molecule has 0 bridgehead atoms. The molecule has 0 aliphatic carbocycles. The number of pyridine rings is 1. The molecular formula is C22H26N6O. The van der Waals surface area contributed by atoms with Crippen LogP contribution in [0.1, 0.15) is 55.2 Å². The molecule has 7 heteroatoms. The van der Waals surface area contributed by atoms with Crippen LogP contribution < -0.4 is 5.32 Å². The zero-order chi connectivity index (χ0) is 20.0. The molecule has 0 spiro atoms. The van der Waals surface area contributed by atoms with Crippen molar-refractivity contribution in [3.63, 3.8) is 0 Å². The van der Waals surface area contributed by atoms with Gasteiger partial charge in [0.25, 0.3) is 0 Å². The largest absolute Gasteiger partial charge is 0.392 e. The minimum absolute atomic E-state index is 0.102. The van der Waals surface area contributed by atoms with Gasteiger partial charge in [-0.15, -0.1) is 5.10 Å². The number of nitrogens with one attached hydrogen (secondary N) is 2. The highest BCUT2D eigenvalue weighted by atomic mass is 16.3. The summed E-state index contributed by atoms with van der Waals surface area (Å²) in [4.78, 5) is 3.62. The molecule has 5 rings (SSSR count). The van der Waals surface area contributed by atoms with Crippen LogP contribution in [0.3, 0.4) is 0 Å². The van der Waals surface area contributed by atoms with E-state index in [0.717, 1.165) is 35.4 Å². The topological polar surface area (TPSA) is 91.1 Å². The fourth-order valence-corrected chi connectivity index (χ4v) is 4.63. The lowest BCUT2D eigenvalue weighted by Gasteiger charge is -2.23. The van der Waals surface area contributed by atoms with Crippen LogP contribution in [0.25, 0.3) is 27.8 Å². The first kappa shape index (κ1) is 18.3. The number of aromatic nitrogens is 5. The minimum atomic E-state index is -0.102. The summed E-state index contributed by atoms with van der Waals surface area (Å²) in [7, 11) is 0. The normalized spacial score (nSPS) is 15.7. The first-order valence-electron chi connectivity index (χ1n) is 10.3. The molecule has 3 aromatic heterocycles. The van der Waals surface area contributed by atoms with Crippen molar-refractivity contribution in [2.24, 2.45) is 0 Å². The monoisotopic (exact) mass is 390 g/mol. The molecule has 0 atom stereocenters. The van der Waals surface area contributed by atoms with E-state index in [1.54, 1.807) is 4.52 Å². The molecule has 1 fully saturated rings. The van der Waals surface area contributed by atoms with Crippen LogP contribution in [0.2, 0.25) is 0 Å². The van der Waals surface area contributed by atoms with Gasteiger partial charge in [0.1, 0.15) is 0 Å². The molecule has 4 aromatic rings. The van der Waals surface area contributed by atoms with E-state index in [1.807, 2.05) is 12.3 Å². The third-order valence-corrected chi connectivity index (χ3v) is 6.08. The Morgan fingerprint density at radius 2 is 2.03 bits per heavy atom. The molecule has 7 nitrogen and oxygen atoms in total. The van der Waals surface area contributed by atoms with Crippen molar-refractivity contribution in [3.8, 4) is 11.3 Å². The Balaban J connectivity index is 1.68. The van der Waals surface area contributed by atoms with Crippen LogP contribution in [-0.2, 0) is 6.61 Å². The van der Waals surface area contributed by atoms with Crippen molar-refractivity contribution < 1.29 is 5.11 Å². The number of aromatic amines is 1. The Kier molecular flexibility index (Phi) is 4.56. The van der Waals surface area contributed by atoms with Crippen LogP contribution in [0.5, 0.6) is 0 Å². The number of aliphatic hydroxyl groups is 1. The molecule has 29 heavy (non-hydrogen) atoms. The molecule has 0 saturated carbocycles. The van der Waals surface area contributed by atoms with Crippen molar-refractivity contribution in [1.82, 2.24) is 30.3 Å². The van der Waals surface area contributed by atoms with Crippen LogP contribution in [0.15, 0.2) is 30.5 Å². The van der Waals surface area contributed by atoms with Crippen molar-refractivity contribution in [3.05, 3.63) is 47.2 Å². The van der Waals surface area contributed by atoms with Crippen molar-refractivity contribution in [1.29, 1.82) is 0 Å². The maximum absolute atomic E-state index is 9.80. The molecule has 0 amide bonds. The molecule has 150 valence electrons. The number of tetrazole rings is 1. The summed E-state index contributed by atoms with van der Waals surface area (Å²) in [6.45, 7) is 6.54. The number of nitrogens with zero attached hydrogens (tertiary/aromatic N) is 4. The Hall–Kier alpha value is -2.77. The lowest BCUT2D eigenvalue weighted by Crippen LogP contribution is -2.26. The third-order valence-electron chi connectivity index (χ3n) is 6.08. The average Bonchev–Trinajstić information content (AvgIpc) is 3.37. The second kappa shape index (κ2) is 7.24. The molecular weight excluding hydrogens is 364 g/mol. The fourth-order valence-electron chi connectivity index (χ4n) is 4.63. The number of piperidine rings is 1. The van der Waals surface area contributed by atoms with Gasteiger partial charge in [-0.05, 0) is 77.5 Å². The Bertz CT molecular complexity index is 1170. The summed E-state index contributed by atoms with van der Waals surface area (Å²) >= 11 is 0. The molecule has 1 aromatic carbocycles. The maximum Gasteiger partial charge on any atom is 0.184 e. The molecule has 0 unspecified atom stereocenters. The zero-order valence-electron chi connectivity index (χ0n) is 16.8. The van der Waals surface area contributed by atoms with Gasteiger partial charge in [0.15, 0.2) is 5.65 Å². The summed E-state index contributed by atoms with van der Waals surface area (Å²) in [6, 6.07) is 8.84. The molecule has 1 saturated heterocycles. The Morgan fingerprint density at radius 3 is 2.79 bits per heavy atom. The van der Waals surface area contributed by atoms with E-state index in [9.17, 15) is 5.11 Å². The lowest BCUT2D eigenvalue weighted by molar-refractivity contribution is 0.282. The Labute approximate surface area is 169 Å². The number of rotatable bonds is 4. The quantitative estimate of drug-likeness (QED) is 0.497. The molecule has 1 aliphatic rings. The number of hydrogen-bond donors (Lipinski definition) is 3. The van der Waals surface area contributed by atoms with Crippen LogP contribution in [0, 0.1) is 0 Å². The van der Waals surface area contributed by atoms with Crippen LogP contribution in [0.4, 0.5) is 0 Å². The predicted molar refractivity (Wildman–Crippen MR) is 113 cm³/mol. The zero-order valence-corrected chi connectivity index (χ0v) is 16.8. The minimum Gasteiger partial charge on any atom is -0.392 e. The smallest absolute Gasteiger partial charge is 0.184 e. The van der Waals surface area contributed by atoms with E-state index in [2.05, 4.69) is 57.9 Å². The maximum atomic E-state index is 9.80. The van der Waals surface area contributed by atoms with Gasteiger partial charge in [-0.3, -0.25) is 0 Å². The van der Waals surface area contributed by atoms with Gasteiger partial charge < -0.3 is 15.4 Å². The van der Waals surface area contributed by atoms with Gasteiger partial charge in [-0.2, -0.15) is 4.52 Å². The first-order chi connectivity index (χ1) is 14.2. The van der Waals surface area contributed by atoms with E-state index in [-0.39, 0.29) is 6.61 Å². The van der Waals surface area contributed by atoms with E-state index >= 15 is 0 Å². The fraction of sp³-hybridized carbons (Fsp3) is 0.409. The first-order valence-corrected chi connectivity index (χ1v) is 10.3. The van der Waals surface area contributed by atoms with Gasteiger partial charge in [-0.25, -0.2) is 0 Å². The highest BCUT2D eigenvalue weighted by Gasteiger charge is 2.21. The number of hydrogen-bond acceptors (Lipinski definition) is 5. The van der Waals surface area contributed by atoms with E-state index in [1.165, 1.54) is 29.4 Å². The summed E-state index contributed by atoms with van der Waals surface area (Å²) in [5.74, 6) is 0.974. The van der Waals surface area contributed by atoms with E-state index in [4.69, 9.17) is 0 Å². The Morgan fingerprint density at radius 1 is 1.21 bits per heavy atom. The van der Waals surface area contributed by atoms with Gasteiger partial charge >= 0.3 is 0 Å². The lowest BCUT2D eigenvalue weighted by atomic mass is 9.88. The van der Waals surface area contributed by atoms with Crippen LogP contribution >= 0.6 is 0 Å². The van der Waals surface area contributed by atoms with Gasteiger partial charge in [0, 0.05) is 28.2 Å². The summed E-state index contributed by atoms with van der Waals surface area (Å²) in [6.07, 6.45) is 4.31. The van der Waals surface area contributed by atoms with Crippen molar-refractivity contribution in [2.75, 3.05) is 13.1 Å².